The molecule has 2 N–H and O–H groups in total. The molecule has 2 aromatic carbocycles. The fourth-order valence-corrected chi connectivity index (χ4v) is 3.36. The Bertz CT molecular complexity index is 726. The number of hydrogen-bond donors (Lipinski definition) is 1. The number of halogens is 2. The van der Waals surface area contributed by atoms with Crippen molar-refractivity contribution in [1.29, 1.82) is 0 Å². The largest absolute Gasteiger partial charge is 0.399 e. The summed E-state index contributed by atoms with van der Waals surface area (Å²) in [6, 6.07) is 15.8. The van der Waals surface area contributed by atoms with Gasteiger partial charge in [-0.15, -0.1) is 12.4 Å². The number of carbonyl (C=O) groups excluding carboxylic acids is 1. The Hall–Kier alpha value is -1.56. The molecule has 25 heavy (non-hydrogen) atoms. The van der Waals surface area contributed by atoms with Crippen LogP contribution < -0.4 is 5.73 Å². The molecule has 0 spiro atoms. The van der Waals surface area contributed by atoms with Crippen molar-refractivity contribution in [3.8, 4) is 0 Å². The molecule has 0 saturated carbocycles. The van der Waals surface area contributed by atoms with E-state index in [2.05, 4.69) is 15.9 Å². The monoisotopic (exact) mass is 424 g/mol. The van der Waals surface area contributed by atoms with Gasteiger partial charge in [-0.1, -0.05) is 46.3 Å². The number of benzene rings is 2. The topological polar surface area (TPSA) is 55.6 Å². The normalized spacial score (nSPS) is 17.0. The highest BCUT2D eigenvalue weighted by molar-refractivity contribution is 9.10. The Morgan fingerprint density at radius 3 is 2.80 bits per heavy atom. The van der Waals surface area contributed by atoms with Crippen LogP contribution in [-0.2, 0) is 16.0 Å². The van der Waals surface area contributed by atoms with E-state index in [9.17, 15) is 4.79 Å². The quantitative estimate of drug-likeness (QED) is 0.754. The summed E-state index contributed by atoms with van der Waals surface area (Å²) in [6.07, 6.45) is 1.08. The minimum absolute atomic E-state index is 0. The van der Waals surface area contributed by atoms with Gasteiger partial charge in [0, 0.05) is 23.1 Å². The van der Waals surface area contributed by atoms with E-state index in [1.807, 2.05) is 53.4 Å². The summed E-state index contributed by atoms with van der Waals surface area (Å²) >= 11 is 3.48. The molecule has 1 saturated heterocycles. The van der Waals surface area contributed by atoms with Crippen LogP contribution in [0, 0.1) is 0 Å². The lowest BCUT2D eigenvalue weighted by atomic mass is 10.1. The third kappa shape index (κ3) is 5.21. The van der Waals surface area contributed by atoms with Crippen molar-refractivity contribution in [1.82, 2.24) is 4.90 Å². The lowest BCUT2D eigenvalue weighted by Crippen LogP contribution is -2.42. The molecule has 6 heteroatoms. The van der Waals surface area contributed by atoms with Crippen molar-refractivity contribution in [2.45, 2.75) is 18.9 Å². The van der Waals surface area contributed by atoms with Gasteiger partial charge in [-0.05, 0) is 35.7 Å². The summed E-state index contributed by atoms with van der Waals surface area (Å²) in [5, 5.41) is 0. The van der Waals surface area contributed by atoms with E-state index < -0.39 is 0 Å². The number of rotatable bonds is 4. The number of nitrogens with two attached hydrogens (primary N) is 1. The maximum Gasteiger partial charge on any atom is 0.223 e. The third-order valence-corrected chi connectivity index (χ3v) is 4.80. The van der Waals surface area contributed by atoms with Crippen molar-refractivity contribution in [2.75, 3.05) is 25.4 Å². The summed E-state index contributed by atoms with van der Waals surface area (Å²) in [5.41, 5.74) is 8.82. The van der Waals surface area contributed by atoms with Crippen molar-refractivity contribution in [3.05, 3.63) is 64.1 Å². The molecule has 0 aliphatic carbocycles. The number of hydrogen-bond acceptors (Lipinski definition) is 3. The number of para-hydroxylation sites is 1. The summed E-state index contributed by atoms with van der Waals surface area (Å²) in [5.74, 6) is 0.154. The summed E-state index contributed by atoms with van der Waals surface area (Å²) in [7, 11) is 0. The first-order valence-electron chi connectivity index (χ1n) is 8.11. The zero-order valence-corrected chi connectivity index (χ0v) is 16.3. The predicted octanol–water partition coefficient (Wildman–Crippen LogP) is 3.99. The van der Waals surface area contributed by atoms with Crippen molar-refractivity contribution in [3.63, 3.8) is 0 Å². The van der Waals surface area contributed by atoms with Gasteiger partial charge in [0.15, 0.2) is 0 Å². The number of nitrogen functional groups attached to an aromatic ring is 1. The smallest absolute Gasteiger partial charge is 0.223 e. The van der Waals surface area contributed by atoms with Crippen molar-refractivity contribution < 1.29 is 9.53 Å². The van der Waals surface area contributed by atoms with E-state index in [0.29, 0.717) is 32.5 Å². The first-order chi connectivity index (χ1) is 11.6. The van der Waals surface area contributed by atoms with E-state index in [1.54, 1.807) is 0 Å². The highest BCUT2D eigenvalue weighted by atomic mass is 79.9. The fourth-order valence-electron chi connectivity index (χ4n) is 2.95. The molecule has 1 fully saturated rings. The highest BCUT2D eigenvalue weighted by Gasteiger charge is 2.25. The molecular weight excluding hydrogens is 404 g/mol. The Labute approximate surface area is 162 Å². The maximum absolute atomic E-state index is 12.5. The summed E-state index contributed by atoms with van der Waals surface area (Å²) < 4.78 is 6.87. The molecule has 0 radical (unpaired) electrons. The van der Waals surface area contributed by atoms with Crippen LogP contribution in [-0.4, -0.2) is 30.5 Å². The van der Waals surface area contributed by atoms with Crippen LogP contribution in [0.1, 0.15) is 23.7 Å². The SMILES string of the molecule is Cl.Nc1ccccc1CCC(=O)N1CCOC(c2cccc(Br)c2)C1. The van der Waals surface area contributed by atoms with Gasteiger partial charge in [0.1, 0.15) is 6.10 Å². The highest BCUT2D eigenvalue weighted by Crippen LogP contribution is 2.25. The number of morpholine rings is 1. The van der Waals surface area contributed by atoms with Gasteiger partial charge in [-0.25, -0.2) is 0 Å². The van der Waals surface area contributed by atoms with Crippen LogP contribution in [0.2, 0.25) is 0 Å². The molecule has 1 amide bonds. The number of ether oxygens (including phenoxy) is 1. The number of anilines is 1. The van der Waals surface area contributed by atoms with Crippen LogP contribution >= 0.6 is 28.3 Å². The van der Waals surface area contributed by atoms with Crippen LogP contribution in [0.4, 0.5) is 5.69 Å². The van der Waals surface area contributed by atoms with E-state index in [4.69, 9.17) is 10.5 Å². The zero-order valence-electron chi connectivity index (χ0n) is 13.9. The van der Waals surface area contributed by atoms with Gasteiger partial charge in [0.05, 0.1) is 13.2 Å². The second-order valence-corrected chi connectivity index (χ2v) is 6.87. The van der Waals surface area contributed by atoms with Gasteiger partial charge in [-0.3, -0.25) is 4.79 Å². The van der Waals surface area contributed by atoms with Gasteiger partial charge >= 0.3 is 0 Å². The minimum Gasteiger partial charge on any atom is -0.399 e. The molecule has 1 aliphatic heterocycles. The second-order valence-electron chi connectivity index (χ2n) is 5.95. The van der Waals surface area contributed by atoms with Gasteiger partial charge in [-0.2, -0.15) is 0 Å². The number of nitrogens with zero attached hydrogens (tertiary/aromatic N) is 1. The van der Waals surface area contributed by atoms with Gasteiger partial charge < -0.3 is 15.4 Å². The Kier molecular flexibility index (Phi) is 7.29. The summed E-state index contributed by atoms with van der Waals surface area (Å²) in [4.78, 5) is 14.4. The average molecular weight is 426 g/mol. The van der Waals surface area contributed by atoms with Crippen LogP contribution in [0.25, 0.3) is 0 Å². The lowest BCUT2D eigenvalue weighted by Gasteiger charge is -2.33. The molecule has 0 aromatic heterocycles. The molecule has 1 heterocycles. The molecule has 1 unspecified atom stereocenters. The maximum atomic E-state index is 12.5. The molecule has 3 rings (SSSR count). The van der Waals surface area contributed by atoms with E-state index >= 15 is 0 Å². The summed E-state index contributed by atoms with van der Waals surface area (Å²) in [6.45, 7) is 1.81. The molecule has 1 aliphatic rings. The average Bonchev–Trinajstić information content (AvgIpc) is 2.61. The van der Waals surface area contributed by atoms with Crippen LogP contribution in [0.15, 0.2) is 53.0 Å². The van der Waals surface area contributed by atoms with Crippen molar-refractivity contribution >= 4 is 39.9 Å². The van der Waals surface area contributed by atoms with E-state index in [1.165, 1.54) is 0 Å². The van der Waals surface area contributed by atoms with Gasteiger partial charge in [0.25, 0.3) is 0 Å². The van der Waals surface area contributed by atoms with Crippen LogP contribution in [0.5, 0.6) is 0 Å². The first-order valence-corrected chi connectivity index (χ1v) is 8.91. The fraction of sp³-hybridized carbons (Fsp3) is 0.316. The molecule has 0 bridgehead atoms. The standard InChI is InChI=1S/C19H21BrN2O2.ClH/c20-16-6-3-5-15(12-16)18-13-22(10-11-24-18)19(23)9-8-14-4-1-2-7-17(14)21;/h1-7,12,18H,8-11,13,21H2;1H. The van der Waals surface area contributed by atoms with E-state index in [-0.39, 0.29) is 24.4 Å². The number of carbonyl (C=O) groups is 1. The molecule has 1 atom stereocenters. The minimum atomic E-state index is -0.0676. The predicted molar refractivity (Wildman–Crippen MR) is 106 cm³/mol. The molecular formula is C19H22BrClN2O2. The lowest BCUT2D eigenvalue weighted by molar-refractivity contribution is -0.139. The number of amides is 1. The molecule has 134 valence electrons. The van der Waals surface area contributed by atoms with Crippen molar-refractivity contribution in [2.24, 2.45) is 0 Å². The number of aryl methyl sites for hydroxylation is 1. The second kappa shape index (κ2) is 9.22. The first kappa shape index (κ1) is 19.8. The van der Waals surface area contributed by atoms with E-state index in [0.717, 1.165) is 21.3 Å². The Morgan fingerprint density at radius 2 is 2.04 bits per heavy atom. The third-order valence-electron chi connectivity index (χ3n) is 4.30. The van der Waals surface area contributed by atoms with Crippen LogP contribution in [0.3, 0.4) is 0 Å². The zero-order chi connectivity index (χ0) is 16.9. The molecule has 4 nitrogen and oxygen atoms in total. The molecule has 2 aromatic rings. The Morgan fingerprint density at radius 1 is 1.24 bits per heavy atom. The Balaban J connectivity index is 0.00000225. The van der Waals surface area contributed by atoms with Gasteiger partial charge in [0.2, 0.25) is 5.91 Å².